The first-order valence-corrected chi connectivity index (χ1v) is 15.2. The molecule has 0 radical (unpaired) electrons. The molecule has 0 spiro atoms. The van der Waals surface area contributed by atoms with Crippen LogP contribution in [0.3, 0.4) is 0 Å². The molecule has 0 atom stereocenters. The molecule has 0 heteroatoms. The third kappa shape index (κ3) is 3.68. The van der Waals surface area contributed by atoms with Crippen molar-refractivity contribution in [2.24, 2.45) is 0 Å². The first-order valence-electron chi connectivity index (χ1n) is 15.2. The molecule has 9 rings (SSSR count). The van der Waals surface area contributed by atoms with Gasteiger partial charge in [0.15, 0.2) is 0 Å². The van der Waals surface area contributed by atoms with Crippen molar-refractivity contribution in [2.75, 3.05) is 0 Å². The van der Waals surface area contributed by atoms with Crippen molar-refractivity contribution in [3.63, 3.8) is 0 Å². The smallest absolute Gasteiger partial charge is 0.00240 e. The second kappa shape index (κ2) is 9.29. The van der Waals surface area contributed by atoms with E-state index in [0.717, 1.165) is 25.7 Å². The Morgan fingerprint density at radius 1 is 0.262 bits per heavy atom. The third-order valence-corrected chi connectivity index (χ3v) is 9.63. The quantitative estimate of drug-likeness (QED) is 0.186. The zero-order valence-corrected chi connectivity index (χ0v) is 23.5. The predicted octanol–water partition coefficient (Wildman–Crippen LogP) is 11.1. The summed E-state index contributed by atoms with van der Waals surface area (Å²) in [6.45, 7) is 0. The van der Waals surface area contributed by atoms with Gasteiger partial charge in [-0.15, -0.1) is 0 Å². The maximum atomic E-state index is 2.34. The van der Waals surface area contributed by atoms with Gasteiger partial charge >= 0.3 is 0 Å². The highest BCUT2D eigenvalue weighted by molar-refractivity contribution is 6.24. The Labute approximate surface area is 245 Å². The molecule has 0 amide bonds. The molecule has 0 N–H and O–H groups in total. The Morgan fingerprint density at radius 3 is 1.00 bits per heavy atom. The lowest BCUT2D eigenvalue weighted by molar-refractivity contribution is 0.948. The standard InChI is InChI=1S/C42H30/c1-3-31-19-21-35-17-15-29(37-25-23-33(5-1)39(31)41(35)37)13-11-27-7-9-28(10-8-27)12-14-30-16-18-36-22-20-32-4-2-6-34-24-26-38(30)42(36)40(32)34/h1-10,15-26H,11-14H2. The van der Waals surface area contributed by atoms with Crippen LogP contribution in [0.4, 0.5) is 0 Å². The van der Waals surface area contributed by atoms with E-state index >= 15 is 0 Å². The van der Waals surface area contributed by atoms with Crippen LogP contribution in [-0.2, 0) is 25.7 Å². The van der Waals surface area contributed by atoms with Crippen LogP contribution in [0.5, 0.6) is 0 Å². The van der Waals surface area contributed by atoms with E-state index in [2.05, 4.69) is 133 Å². The molecule has 0 aliphatic rings. The summed E-state index contributed by atoms with van der Waals surface area (Å²) in [7, 11) is 0. The molecule has 9 aromatic carbocycles. The zero-order chi connectivity index (χ0) is 27.6. The Morgan fingerprint density at radius 2 is 0.595 bits per heavy atom. The van der Waals surface area contributed by atoms with Crippen LogP contribution in [0, 0.1) is 0 Å². The van der Waals surface area contributed by atoms with Crippen LogP contribution in [-0.4, -0.2) is 0 Å². The first-order chi connectivity index (χ1) is 20.8. The summed E-state index contributed by atoms with van der Waals surface area (Å²) in [5, 5.41) is 16.5. The van der Waals surface area contributed by atoms with E-state index in [1.54, 1.807) is 0 Å². The molecule has 0 aliphatic carbocycles. The maximum Gasteiger partial charge on any atom is -0.00240 e. The number of benzene rings is 9. The summed E-state index contributed by atoms with van der Waals surface area (Å²) in [6.07, 6.45) is 4.21. The minimum atomic E-state index is 1.05. The fourth-order valence-electron chi connectivity index (χ4n) is 7.46. The fourth-order valence-corrected chi connectivity index (χ4v) is 7.46. The largest absolute Gasteiger partial charge is 0.0610 e. The van der Waals surface area contributed by atoms with E-state index in [4.69, 9.17) is 0 Å². The number of aryl methyl sites for hydroxylation is 4. The van der Waals surface area contributed by atoms with Crippen molar-refractivity contribution in [3.8, 4) is 0 Å². The van der Waals surface area contributed by atoms with Gasteiger partial charge in [-0.25, -0.2) is 0 Å². The van der Waals surface area contributed by atoms with Gasteiger partial charge in [-0.05, 0) is 113 Å². The first kappa shape index (κ1) is 23.7. The molecule has 198 valence electrons. The Hall–Kier alpha value is -4.94. The maximum absolute atomic E-state index is 2.34. The lowest BCUT2D eigenvalue weighted by atomic mass is 9.90. The van der Waals surface area contributed by atoms with E-state index in [0.29, 0.717) is 0 Å². The van der Waals surface area contributed by atoms with Gasteiger partial charge in [-0.2, -0.15) is 0 Å². The third-order valence-electron chi connectivity index (χ3n) is 9.63. The Kier molecular flexibility index (Phi) is 5.25. The molecule has 42 heavy (non-hydrogen) atoms. The normalized spacial score (nSPS) is 12.2. The molecular formula is C42H30. The van der Waals surface area contributed by atoms with Crippen molar-refractivity contribution in [1.29, 1.82) is 0 Å². The van der Waals surface area contributed by atoms with Crippen molar-refractivity contribution >= 4 is 64.6 Å². The molecule has 0 aliphatic heterocycles. The van der Waals surface area contributed by atoms with Gasteiger partial charge in [-0.3, -0.25) is 0 Å². The molecule has 9 aromatic rings. The SMILES string of the molecule is c1cc2ccc3ccc(CCc4ccc(CCc5ccc6ccc7cccc8ccc5c6c78)cc4)c4ccc(c1)c2c34. The van der Waals surface area contributed by atoms with Gasteiger partial charge in [0, 0.05) is 0 Å². The van der Waals surface area contributed by atoms with Crippen LogP contribution in [0.25, 0.3) is 64.6 Å². The Balaban J connectivity index is 0.953. The van der Waals surface area contributed by atoms with Gasteiger partial charge < -0.3 is 0 Å². The van der Waals surface area contributed by atoms with Crippen molar-refractivity contribution in [1.82, 2.24) is 0 Å². The second-order valence-electron chi connectivity index (χ2n) is 12.0. The molecule has 0 fully saturated rings. The highest BCUT2D eigenvalue weighted by Gasteiger charge is 2.12. The molecule has 0 saturated heterocycles. The summed E-state index contributed by atoms with van der Waals surface area (Å²) >= 11 is 0. The molecule has 0 nitrogen and oxygen atoms in total. The van der Waals surface area contributed by atoms with Crippen LogP contribution in [0.1, 0.15) is 22.3 Å². The number of hydrogen-bond acceptors (Lipinski definition) is 0. The van der Waals surface area contributed by atoms with E-state index < -0.39 is 0 Å². The summed E-state index contributed by atoms with van der Waals surface area (Å²) in [4.78, 5) is 0. The van der Waals surface area contributed by atoms with Gasteiger partial charge in [0.25, 0.3) is 0 Å². The zero-order valence-electron chi connectivity index (χ0n) is 23.5. The predicted molar refractivity (Wildman–Crippen MR) is 182 cm³/mol. The van der Waals surface area contributed by atoms with Crippen LogP contribution < -0.4 is 0 Å². The van der Waals surface area contributed by atoms with Crippen molar-refractivity contribution in [3.05, 3.63) is 156 Å². The second-order valence-corrected chi connectivity index (χ2v) is 12.0. The van der Waals surface area contributed by atoms with E-state index in [1.807, 2.05) is 0 Å². The van der Waals surface area contributed by atoms with E-state index in [-0.39, 0.29) is 0 Å². The molecule has 0 aromatic heterocycles. The summed E-state index contributed by atoms with van der Waals surface area (Å²) < 4.78 is 0. The van der Waals surface area contributed by atoms with Gasteiger partial charge in [0.05, 0.1) is 0 Å². The van der Waals surface area contributed by atoms with Gasteiger partial charge in [-0.1, -0.05) is 133 Å². The van der Waals surface area contributed by atoms with Crippen molar-refractivity contribution < 1.29 is 0 Å². The van der Waals surface area contributed by atoms with Crippen LogP contribution in [0.2, 0.25) is 0 Å². The average Bonchev–Trinajstić information content (AvgIpc) is 3.05. The molecule has 0 saturated carbocycles. The van der Waals surface area contributed by atoms with E-state index in [1.165, 1.54) is 86.9 Å². The minimum Gasteiger partial charge on any atom is -0.0610 e. The summed E-state index contributed by atoms with van der Waals surface area (Å²) in [5.41, 5.74) is 5.71. The van der Waals surface area contributed by atoms with Gasteiger partial charge in [0.1, 0.15) is 0 Å². The Bertz CT molecular complexity index is 2190. The molecular weight excluding hydrogens is 504 g/mol. The highest BCUT2D eigenvalue weighted by atomic mass is 14.2. The van der Waals surface area contributed by atoms with Crippen LogP contribution >= 0.6 is 0 Å². The molecule has 0 bridgehead atoms. The lowest BCUT2D eigenvalue weighted by Crippen LogP contribution is -1.96. The topological polar surface area (TPSA) is 0 Å². The highest BCUT2D eigenvalue weighted by Crippen LogP contribution is 2.37. The number of hydrogen-bond donors (Lipinski definition) is 0. The monoisotopic (exact) mass is 534 g/mol. The van der Waals surface area contributed by atoms with Crippen LogP contribution in [0.15, 0.2) is 133 Å². The summed E-state index contributed by atoms with van der Waals surface area (Å²) in [6, 6.07) is 50.3. The van der Waals surface area contributed by atoms with Crippen molar-refractivity contribution in [2.45, 2.75) is 25.7 Å². The molecule has 0 unspecified atom stereocenters. The van der Waals surface area contributed by atoms with Gasteiger partial charge in [0.2, 0.25) is 0 Å². The number of rotatable bonds is 6. The van der Waals surface area contributed by atoms with E-state index in [9.17, 15) is 0 Å². The minimum absolute atomic E-state index is 1.05. The fraction of sp³-hybridized carbons (Fsp3) is 0.0952. The lowest BCUT2D eigenvalue weighted by Gasteiger charge is -2.14. The average molecular weight is 535 g/mol. The molecule has 0 heterocycles. The summed E-state index contributed by atoms with van der Waals surface area (Å²) in [5.74, 6) is 0.